The van der Waals surface area contributed by atoms with Crippen LogP contribution in [0.4, 0.5) is 4.39 Å². The molecule has 2 heterocycles. The van der Waals surface area contributed by atoms with Crippen LogP contribution in [-0.2, 0) is 6.54 Å². The van der Waals surface area contributed by atoms with Gasteiger partial charge in [0.1, 0.15) is 5.82 Å². The first kappa shape index (κ1) is 8.00. The zero-order valence-corrected chi connectivity index (χ0v) is 7.70. The number of aromatic nitrogens is 1. The Balaban J connectivity index is 2.34. The number of fused-ring (bicyclic) bond motifs is 3. The van der Waals surface area contributed by atoms with Gasteiger partial charge in [-0.15, -0.1) is 0 Å². The van der Waals surface area contributed by atoms with Gasteiger partial charge >= 0.3 is 0 Å². The Kier molecular flexibility index (Phi) is 1.47. The standard InChI is InChI=1S/C11H11FN2/c12-8-1-2-10-7(5-8)6-11-9(13)3-4-14(10)11/h1-2,5-6,9H,3-4,13H2. The van der Waals surface area contributed by atoms with Crippen LogP contribution in [0.1, 0.15) is 18.2 Å². The Labute approximate surface area is 81.1 Å². The van der Waals surface area contributed by atoms with E-state index in [0.29, 0.717) is 0 Å². The summed E-state index contributed by atoms with van der Waals surface area (Å²) in [6.07, 6.45) is 0.989. The molecule has 0 bridgehead atoms. The summed E-state index contributed by atoms with van der Waals surface area (Å²) in [5, 5.41) is 0.954. The maximum Gasteiger partial charge on any atom is 0.123 e. The van der Waals surface area contributed by atoms with Crippen molar-refractivity contribution in [1.29, 1.82) is 0 Å². The van der Waals surface area contributed by atoms with E-state index in [0.717, 1.165) is 29.6 Å². The molecule has 14 heavy (non-hydrogen) atoms. The molecule has 0 spiro atoms. The van der Waals surface area contributed by atoms with Crippen LogP contribution in [0.5, 0.6) is 0 Å². The van der Waals surface area contributed by atoms with E-state index in [-0.39, 0.29) is 11.9 Å². The molecule has 0 saturated carbocycles. The Morgan fingerprint density at radius 3 is 3.07 bits per heavy atom. The van der Waals surface area contributed by atoms with E-state index in [1.807, 2.05) is 12.1 Å². The lowest BCUT2D eigenvalue weighted by molar-refractivity contribution is 0.629. The predicted octanol–water partition coefficient (Wildman–Crippen LogP) is 2.18. The van der Waals surface area contributed by atoms with E-state index in [1.54, 1.807) is 6.07 Å². The molecule has 1 unspecified atom stereocenters. The average molecular weight is 190 g/mol. The van der Waals surface area contributed by atoms with Crippen molar-refractivity contribution in [2.24, 2.45) is 5.73 Å². The summed E-state index contributed by atoms with van der Waals surface area (Å²) in [5.74, 6) is -0.185. The summed E-state index contributed by atoms with van der Waals surface area (Å²) < 4.78 is 15.1. The van der Waals surface area contributed by atoms with Crippen LogP contribution in [-0.4, -0.2) is 4.57 Å². The molecule has 2 N–H and O–H groups in total. The number of rotatable bonds is 0. The van der Waals surface area contributed by atoms with E-state index in [2.05, 4.69) is 4.57 Å². The minimum atomic E-state index is -0.185. The molecule has 1 atom stereocenters. The number of hydrogen-bond acceptors (Lipinski definition) is 1. The van der Waals surface area contributed by atoms with Crippen molar-refractivity contribution in [2.75, 3.05) is 0 Å². The number of aryl methyl sites for hydroxylation is 1. The van der Waals surface area contributed by atoms with Crippen LogP contribution >= 0.6 is 0 Å². The fraction of sp³-hybridized carbons (Fsp3) is 0.273. The van der Waals surface area contributed by atoms with Crippen molar-refractivity contribution in [1.82, 2.24) is 4.57 Å². The molecule has 3 rings (SSSR count). The molecule has 0 saturated heterocycles. The van der Waals surface area contributed by atoms with Crippen LogP contribution in [0.2, 0.25) is 0 Å². The highest BCUT2D eigenvalue weighted by atomic mass is 19.1. The lowest BCUT2D eigenvalue weighted by Gasteiger charge is -1.99. The molecule has 1 aliphatic rings. The van der Waals surface area contributed by atoms with Crippen LogP contribution < -0.4 is 5.73 Å². The lowest BCUT2D eigenvalue weighted by Crippen LogP contribution is -2.04. The first-order valence-corrected chi connectivity index (χ1v) is 4.80. The van der Waals surface area contributed by atoms with Crippen LogP contribution in [0, 0.1) is 5.82 Å². The molecule has 2 nitrogen and oxygen atoms in total. The number of nitrogens with two attached hydrogens (primary N) is 1. The molecule has 0 amide bonds. The summed E-state index contributed by atoms with van der Waals surface area (Å²) in [4.78, 5) is 0. The average Bonchev–Trinajstić information content (AvgIpc) is 2.66. The van der Waals surface area contributed by atoms with Crippen molar-refractivity contribution in [3.63, 3.8) is 0 Å². The van der Waals surface area contributed by atoms with Gasteiger partial charge in [0.15, 0.2) is 0 Å². The topological polar surface area (TPSA) is 30.9 Å². The van der Waals surface area contributed by atoms with Crippen LogP contribution in [0.15, 0.2) is 24.3 Å². The molecular weight excluding hydrogens is 179 g/mol. The zero-order valence-electron chi connectivity index (χ0n) is 7.70. The van der Waals surface area contributed by atoms with E-state index in [1.165, 1.54) is 6.07 Å². The minimum Gasteiger partial charge on any atom is -0.343 e. The molecule has 2 aromatic rings. The molecule has 0 radical (unpaired) electrons. The summed E-state index contributed by atoms with van der Waals surface area (Å²) in [7, 11) is 0. The Morgan fingerprint density at radius 2 is 2.21 bits per heavy atom. The van der Waals surface area contributed by atoms with Gasteiger partial charge in [-0.3, -0.25) is 0 Å². The lowest BCUT2D eigenvalue weighted by atomic mass is 10.2. The highest BCUT2D eigenvalue weighted by Crippen LogP contribution is 2.31. The fourth-order valence-corrected chi connectivity index (χ4v) is 2.24. The van der Waals surface area contributed by atoms with Crippen molar-refractivity contribution in [3.05, 3.63) is 35.8 Å². The van der Waals surface area contributed by atoms with Gasteiger partial charge in [0.05, 0.1) is 0 Å². The minimum absolute atomic E-state index is 0.116. The van der Waals surface area contributed by atoms with Gasteiger partial charge in [0.2, 0.25) is 0 Å². The molecular formula is C11H11FN2. The third-order valence-electron chi connectivity index (χ3n) is 2.94. The Bertz CT molecular complexity index is 501. The summed E-state index contributed by atoms with van der Waals surface area (Å²) in [6, 6.07) is 7.00. The Hall–Kier alpha value is -1.35. The van der Waals surface area contributed by atoms with Gasteiger partial charge in [-0.2, -0.15) is 0 Å². The highest BCUT2D eigenvalue weighted by Gasteiger charge is 2.21. The highest BCUT2D eigenvalue weighted by molar-refractivity contribution is 5.81. The van der Waals surface area contributed by atoms with Gasteiger partial charge in [-0.1, -0.05) is 0 Å². The fourth-order valence-electron chi connectivity index (χ4n) is 2.24. The number of halogens is 1. The van der Waals surface area contributed by atoms with E-state index < -0.39 is 0 Å². The summed E-state index contributed by atoms with van der Waals surface area (Å²) >= 11 is 0. The second-order valence-electron chi connectivity index (χ2n) is 3.82. The largest absolute Gasteiger partial charge is 0.343 e. The van der Waals surface area contributed by atoms with Crippen LogP contribution in [0.25, 0.3) is 10.9 Å². The summed E-state index contributed by atoms with van der Waals surface area (Å²) in [6.45, 7) is 0.950. The Morgan fingerprint density at radius 1 is 1.36 bits per heavy atom. The predicted molar refractivity (Wildman–Crippen MR) is 53.4 cm³/mol. The number of nitrogens with zero attached hydrogens (tertiary/aromatic N) is 1. The molecule has 0 fully saturated rings. The smallest absolute Gasteiger partial charge is 0.123 e. The maximum atomic E-state index is 13.0. The first-order chi connectivity index (χ1) is 6.75. The second-order valence-corrected chi connectivity index (χ2v) is 3.82. The van der Waals surface area contributed by atoms with E-state index in [4.69, 9.17) is 5.73 Å². The third kappa shape index (κ3) is 0.930. The SMILES string of the molecule is NC1CCn2c1cc1cc(F)ccc12. The van der Waals surface area contributed by atoms with Crippen LogP contribution in [0.3, 0.4) is 0 Å². The van der Waals surface area contributed by atoms with Gasteiger partial charge in [-0.05, 0) is 30.7 Å². The monoisotopic (exact) mass is 190 g/mol. The number of benzene rings is 1. The molecule has 72 valence electrons. The van der Waals surface area contributed by atoms with Gasteiger partial charge in [-0.25, -0.2) is 4.39 Å². The molecule has 1 aromatic carbocycles. The molecule has 3 heteroatoms. The maximum absolute atomic E-state index is 13.0. The zero-order chi connectivity index (χ0) is 9.71. The second kappa shape index (κ2) is 2.58. The molecule has 1 aromatic heterocycles. The van der Waals surface area contributed by atoms with E-state index >= 15 is 0 Å². The van der Waals surface area contributed by atoms with Gasteiger partial charge in [0.25, 0.3) is 0 Å². The van der Waals surface area contributed by atoms with Crippen molar-refractivity contribution in [3.8, 4) is 0 Å². The van der Waals surface area contributed by atoms with Gasteiger partial charge < -0.3 is 10.3 Å². The van der Waals surface area contributed by atoms with Crippen molar-refractivity contribution >= 4 is 10.9 Å². The van der Waals surface area contributed by atoms with Gasteiger partial charge in [0, 0.05) is 29.2 Å². The quantitative estimate of drug-likeness (QED) is 0.678. The van der Waals surface area contributed by atoms with Crippen molar-refractivity contribution in [2.45, 2.75) is 19.0 Å². The third-order valence-corrected chi connectivity index (χ3v) is 2.94. The molecule has 1 aliphatic heterocycles. The first-order valence-electron chi connectivity index (χ1n) is 4.80. The number of hydrogen-bond donors (Lipinski definition) is 1. The molecule has 0 aliphatic carbocycles. The van der Waals surface area contributed by atoms with Crippen molar-refractivity contribution < 1.29 is 4.39 Å². The van der Waals surface area contributed by atoms with E-state index in [9.17, 15) is 4.39 Å². The summed E-state index contributed by atoms with van der Waals surface area (Å²) in [5.41, 5.74) is 8.16. The normalized spacial score (nSPS) is 20.3.